The monoisotopic (exact) mass is 235 g/mol. The number of hydrogen-bond donors (Lipinski definition) is 1. The minimum Gasteiger partial charge on any atom is -0.366 e. The highest BCUT2D eigenvalue weighted by molar-refractivity contribution is 7.99. The third-order valence-corrected chi connectivity index (χ3v) is 3.25. The molecule has 0 fully saturated rings. The van der Waals surface area contributed by atoms with E-state index < -0.39 is 0 Å². The van der Waals surface area contributed by atoms with E-state index in [-0.39, 0.29) is 0 Å². The number of pyridine rings is 1. The molecular weight excluding hydrogens is 218 g/mol. The van der Waals surface area contributed by atoms with E-state index >= 15 is 0 Å². The zero-order valence-electron chi connectivity index (χ0n) is 9.95. The van der Waals surface area contributed by atoms with E-state index in [1.807, 2.05) is 30.8 Å². The average Bonchev–Trinajstić information content (AvgIpc) is 2.27. The number of nitriles is 1. The van der Waals surface area contributed by atoms with Crippen molar-refractivity contribution in [2.45, 2.75) is 26.8 Å². The fourth-order valence-electron chi connectivity index (χ4n) is 1.33. The smallest absolute Gasteiger partial charge is 0.144 e. The maximum atomic E-state index is 8.96. The summed E-state index contributed by atoms with van der Waals surface area (Å²) in [5, 5.41) is 12.2. The number of nitrogens with zero attached hydrogens (tertiary/aromatic N) is 2. The molecule has 0 amide bonds. The van der Waals surface area contributed by atoms with E-state index in [0.29, 0.717) is 17.4 Å². The lowest BCUT2D eigenvalue weighted by atomic mass is 10.2. The van der Waals surface area contributed by atoms with Crippen LogP contribution in [0.15, 0.2) is 12.1 Å². The first kappa shape index (κ1) is 12.9. The highest BCUT2D eigenvalue weighted by atomic mass is 32.2. The van der Waals surface area contributed by atoms with E-state index in [4.69, 9.17) is 5.26 Å². The predicted molar refractivity (Wildman–Crippen MR) is 69.8 cm³/mol. The highest BCUT2D eigenvalue weighted by Gasteiger charge is 2.07. The molecule has 0 aliphatic heterocycles. The minimum absolute atomic E-state index is 0.325. The standard InChI is InChI=1S/C12H17N3S/c1-4-16-8-10(3)15-12-11(7-13)6-5-9(2)14-12/h5-6,10H,4,8H2,1-3H3,(H,14,15). The van der Waals surface area contributed by atoms with Gasteiger partial charge in [-0.1, -0.05) is 6.92 Å². The summed E-state index contributed by atoms with van der Waals surface area (Å²) in [5.74, 6) is 2.83. The lowest BCUT2D eigenvalue weighted by Gasteiger charge is -2.14. The van der Waals surface area contributed by atoms with Gasteiger partial charge in [0.05, 0.1) is 5.56 Å². The quantitative estimate of drug-likeness (QED) is 0.852. The van der Waals surface area contributed by atoms with Crippen molar-refractivity contribution in [3.05, 3.63) is 23.4 Å². The summed E-state index contributed by atoms with van der Waals surface area (Å²) in [6.07, 6.45) is 0. The second kappa shape index (κ2) is 6.39. The fraction of sp³-hybridized carbons (Fsp3) is 0.500. The van der Waals surface area contributed by atoms with Crippen molar-refractivity contribution in [1.82, 2.24) is 4.98 Å². The summed E-state index contributed by atoms with van der Waals surface area (Å²) in [7, 11) is 0. The molecule has 0 radical (unpaired) electrons. The average molecular weight is 235 g/mol. The molecule has 1 rings (SSSR count). The van der Waals surface area contributed by atoms with Crippen molar-refractivity contribution in [1.29, 1.82) is 5.26 Å². The maximum absolute atomic E-state index is 8.96. The second-order valence-corrected chi connectivity index (χ2v) is 4.98. The molecule has 0 saturated heterocycles. The van der Waals surface area contributed by atoms with Gasteiger partial charge in [0, 0.05) is 17.5 Å². The number of hydrogen-bond acceptors (Lipinski definition) is 4. The molecule has 1 unspecified atom stereocenters. The number of rotatable bonds is 5. The van der Waals surface area contributed by atoms with E-state index in [1.165, 1.54) is 0 Å². The number of aromatic nitrogens is 1. The predicted octanol–water partition coefficient (Wildman–Crippen LogP) is 2.82. The first-order chi connectivity index (χ1) is 7.67. The van der Waals surface area contributed by atoms with Crippen LogP contribution < -0.4 is 5.32 Å². The van der Waals surface area contributed by atoms with E-state index in [1.54, 1.807) is 0 Å². The van der Waals surface area contributed by atoms with Gasteiger partial charge in [-0.05, 0) is 31.7 Å². The molecule has 1 N–H and O–H groups in total. The van der Waals surface area contributed by atoms with Gasteiger partial charge < -0.3 is 5.32 Å². The molecule has 0 saturated carbocycles. The third-order valence-electron chi connectivity index (χ3n) is 2.11. The molecule has 4 heteroatoms. The van der Waals surface area contributed by atoms with Crippen LogP contribution in [0.2, 0.25) is 0 Å². The van der Waals surface area contributed by atoms with Crippen LogP contribution in [0.4, 0.5) is 5.82 Å². The Bertz CT molecular complexity index is 384. The van der Waals surface area contributed by atoms with Crippen molar-refractivity contribution < 1.29 is 0 Å². The summed E-state index contributed by atoms with van der Waals surface area (Å²) in [5.41, 5.74) is 1.54. The summed E-state index contributed by atoms with van der Waals surface area (Å²) in [6.45, 7) is 6.18. The molecule has 86 valence electrons. The van der Waals surface area contributed by atoms with Gasteiger partial charge >= 0.3 is 0 Å². The zero-order chi connectivity index (χ0) is 12.0. The Morgan fingerprint density at radius 1 is 1.56 bits per heavy atom. The van der Waals surface area contributed by atoms with Gasteiger partial charge in [-0.15, -0.1) is 0 Å². The number of nitrogens with one attached hydrogen (secondary N) is 1. The van der Waals surface area contributed by atoms with Crippen molar-refractivity contribution in [2.24, 2.45) is 0 Å². The molecule has 3 nitrogen and oxygen atoms in total. The molecule has 0 aromatic carbocycles. The Labute approximate surface area is 101 Å². The van der Waals surface area contributed by atoms with Crippen LogP contribution in [0.5, 0.6) is 0 Å². The van der Waals surface area contributed by atoms with Crippen LogP contribution in [-0.4, -0.2) is 22.5 Å². The minimum atomic E-state index is 0.325. The molecular formula is C12H17N3S. The Hall–Kier alpha value is -1.21. The Kier molecular flexibility index (Phi) is 5.13. The fourth-order valence-corrected chi connectivity index (χ4v) is 2.00. The SMILES string of the molecule is CCSCC(C)Nc1nc(C)ccc1C#N. The highest BCUT2D eigenvalue weighted by Crippen LogP contribution is 2.14. The molecule has 1 aromatic heterocycles. The summed E-state index contributed by atoms with van der Waals surface area (Å²) in [6, 6.07) is 6.14. The van der Waals surface area contributed by atoms with Crippen LogP contribution in [0.25, 0.3) is 0 Å². The molecule has 1 heterocycles. The molecule has 0 aliphatic carbocycles. The number of thioether (sulfide) groups is 1. The first-order valence-electron chi connectivity index (χ1n) is 5.39. The molecule has 0 bridgehead atoms. The van der Waals surface area contributed by atoms with Crippen LogP contribution in [-0.2, 0) is 0 Å². The topological polar surface area (TPSA) is 48.7 Å². The van der Waals surface area contributed by atoms with Gasteiger partial charge in [0.15, 0.2) is 0 Å². The van der Waals surface area contributed by atoms with E-state index in [9.17, 15) is 0 Å². The van der Waals surface area contributed by atoms with E-state index in [0.717, 1.165) is 17.2 Å². The Balaban J connectivity index is 2.72. The summed E-state index contributed by atoms with van der Waals surface area (Å²) < 4.78 is 0. The van der Waals surface area contributed by atoms with Gasteiger partial charge in [-0.2, -0.15) is 17.0 Å². The van der Waals surface area contributed by atoms with Gasteiger partial charge in [0.1, 0.15) is 11.9 Å². The lowest BCUT2D eigenvalue weighted by Crippen LogP contribution is -2.19. The normalized spacial score (nSPS) is 11.9. The summed E-state index contributed by atoms with van der Waals surface area (Å²) >= 11 is 1.88. The first-order valence-corrected chi connectivity index (χ1v) is 6.54. The van der Waals surface area contributed by atoms with Gasteiger partial charge in [-0.3, -0.25) is 0 Å². The van der Waals surface area contributed by atoms with E-state index in [2.05, 4.69) is 30.2 Å². The van der Waals surface area contributed by atoms with Crippen molar-refractivity contribution in [2.75, 3.05) is 16.8 Å². The maximum Gasteiger partial charge on any atom is 0.144 e. The molecule has 1 aromatic rings. The molecule has 0 spiro atoms. The van der Waals surface area contributed by atoms with Crippen LogP contribution in [0.3, 0.4) is 0 Å². The van der Waals surface area contributed by atoms with Crippen molar-refractivity contribution in [3.8, 4) is 6.07 Å². The van der Waals surface area contributed by atoms with Gasteiger partial charge in [-0.25, -0.2) is 4.98 Å². The lowest BCUT2D eigenvalue weighted by molar-refractivity contribution is 0.898. The van der Waals surface area contributed by atoms with Crippen LogP contribution in [0, 0.1) is 18.3 Å². The number of anilines is 1. The van der Waals surface area contributed by atoms with Gasteiger partial charge in [0.25, 0.3) is 0 Å². The van der Waals surface area contributed by atoms with Crippen LogP contribution in [0.1, 0.15) is 25.1 Å². The van der Waals surface area contributed by atoms with Gasteiger partial charge in [0.2, 0.25) is 0 Å². The van der Waals surface area contributed by atoms with Crippen molar-refractivity contribution >= 4 is 17.6 Å². The zero-order valence-corrected chi connectivity index (χ0v) is 10.8. The third kappa shape index (κ3) is 3.74. The largest absolute Gasteiger partial charge is 0.366 e. The van der Waals surface area contributed by atoms with Crippen LogP contribution >= 0.6 is 11.8 Å². The Morgan fingerprint density at radius 2 is 2.31 bits per heavy atom. The molecule has 16 heavy (non-hydrogen) atoms. The molecule has 0 aliphatic rings. The molecule has 1 atom stereocenters. The second-order valence-electron chi connectivity index (χ2n) is 3.67. The number of aryl methyl sites for hydroxylation is 1. The van der Waals surface area contributed by atoms with Crippen molar-refractivity contribution in [3.63, 3.8) is 0 Å². The Morgan fingerprint density at radius 3 is 2.94 bits per heavy atom. The summed E-state index contributed by atoms with van der Waals surface area (Å²) in [4.78, 5) is 4.35.